The first kappa shape index (κ1) is 11.8. The van der Waals surface area contributed by atoms with Crippen molar-refractivity contribution in [2.45, 2.75) is 38.5 Å². The molecule has 0 rings (SSSR count). The highest BCUT2D eigenvalue weighted by molar-refractivity contribution is 5.86. The Kier molecular flexibility index (Phi) is 8.02. The van der Waals surface area contributed by atoms with E-state index < -0.39 is 5.97 Å². The van der Waals surface area contributed by atoms with Crippen LogP contribution in [0.5, 0.6) is 0 Å². The third-order valence-electron chi connectivity index (χ3n) is 1.66. The molecule has 0 aromatic heterocycles. The summed E-state index contributed by atoms with van der Waals surface area (Å²) in [4.78, 5) is 9.99. The second kappa shape index (κ2) is 8.86. The van der Waals surface area contributed by atoms with E-state index in [1.54, 1.807) is 0 Å². The minimum absolute atomic E-state index is 0.695. The summed E-state index contributed by atoms with van der Waals surface area (Å²) in [6.07, 6.45) is 8.17. The van der Waals surface area contributed by atoms with Crippen LogP contribution in [0.1, 0.15) is 38.5 Å². The molecule has 0 fully saturated rings. The molecule has 0 aliphatic heterocycles. The molecule has 2 nitrogen and oxygen atoms in total. The van der Waals surface area contributed by atoms with Gasteiger partial charge < -0.3 is 5.11 Å². The van der Waals surface area contributed by atoms with E-state index in [1.165, 1.54) is 12.8 Å². The van der Waals surface area contributed by atoms with Crippen molar-refractivity contribution in [3.8, 4) is 11.8 Å². The zero-order chi connectivity index (χ0) is 9.94. The van der Waals surface area contributed by atoms with Crippen molar-refractivity contribution in [3.05, 3.63) is 12.7 Å². The molecule has 1 N–H and O–H groups in total. The summed E-state index contributed by atoms with van der Waals surface area (Å²) in [5, 5.41) is 8.20. The molecule has 72 valence electrons. The van der Waals surface area contributed by atoms with Gasteiger partial charge in [-0.1, -0.05) is 24.8 Å². The molecule has 0 bridgehead atoms. The molecule has 0 aliphatic carbocycles. The number of carboxylic acid groups (broad SMARTS) is 1. The molecule has 2 heteroatoms. The lowest BCUT2D eigenvalue weighted by molar-refractivity contribution is -0.130. The number of aliphatic carboxylic acids is 1. The Labute approximate surface area is 79.7 Å². The van der Waals surface area contributed by atoms with E-state index in [0.29, 0.717) is 6.42 Å². The number of unbranched alkanes of at least 4 members (excludes halogenated alkanes) is 5. The summed E-state index contributed by atoms with van der Waals surface area (Å²) in [7, 11) is 0. The van der Waals surface area contributed by atoms with Crippen LogP contribution in [0.3, 0.4) is 0 Å². The molecule has 0 saturated carbocycles. The second-order valence-electron chi connectivity index (χ2n) is 2.85. The molecular weight excluding hydrogens is 164 g/mol. The number of rotatable bonds is 6. The predicted molar refractivity (Wildman–Crippen MR) is 53.3 cm³/mol. The van der Waals surface area contributed by atoms with Crippen LogP contribution in [0.25, 0.3) is 0 Å². The minimum atomic E-state index is -1.04. The van der Waals surface area contributed by atoms with Crippen molar-refractivity contribution in [1.82, 2.24) is 0 Å². The van der Waals surface area contributed by atoms with Gasteiger partial charge in [0.2, 0.25) is 0 Å². The molecule has 0 amide bonds. The zero-order valence-electron chi connectivity index (χ0n) is 7.88. The van der Waals surface area contributed by atoms with Crippen molar-refractivity contribution in [2.24, 2.45) is 0 Å². The van der Waals surface area contributed by atoms with E-state index in [2.05, 4.69) is 18.4 Å². The van der Waals surface area contributed by atoms with Gasteiger partial charge in [-0.15, -0.1) is 6.58 Å². The van der Waals surface area contributed by atoms with Gasteiger partial charge in [-0.2, -0.15) is 0 Å². The third-order valence-corrected chi connectivity index (χ3v) is 1.66. The predicted octanol–water partition coefficient (Wildman–Crippen LogP) is 2.60. The van der Waals surface area contributed by atoms with Crippen molar-refractivity contribution in [1.29, 1.82) is 0 Å². The summed E-state index contributed by atoms with van der Waals surface area (Å²) < 4.78 is 0. The normalized spacial score (nSPS) is 8.62. The van der Waals surface area contributed by atoms with Crippen molar-refractivity contribution in [3.63, 3.8) is 0 Å². The van der Waals surface area contributed by atoms with Crippen molar-refractivity contribution >= 4 is 5.97 Å². The van der Waals surface area contributed by atoms with Crippen molar-refractivity contribution in [2.75, 3.05) is 0 Å². The van der Waals surface area contributed by atoms with E-state index >= 15 is 0 Å². The van der Waals surface area contributed by atoms with E-state index in [-0.39, 0.29) is 0 Å². The summed E-state index contributed by atoms with van der Waals surface area (Å²) in [6, 6.07) is 0. The quantitative estimate of drug-likeness (QED) is 0.387. The fraction of sp³-hybridized carbons (Fsp3) is 0.545. The Morgan fingerprint density at radius 3 is 2.62 bits per heavy atom. The number of allylic oxidation sites excluding steroid dienone is 1. The van der Waals surface area contributed by atoms with E-state index in [4.69, 9.17) is 5.11 Å². The molecule has 0 atom stereocenters. The minimum Gasteiger partial charge on any atom is -0.472 e. The fourth-order valence-electron chi connectivity index (χ4n) is 0.994. The molecular formula is C11H16O2. The number of carboxylic acids is 1. The highest BCUT2D eigenvalue weighted by Gasteiger charge is 1.87. The maximum absolute atomic E-state index is 9.99. The smallest absolute Gasteiger partial charge is 0.381 e. The van der Waals surface area contributed by atoms with Crippen LogP contribution < -0.4 is 0 Å². The SMILES string of the molecule is C=CCCCCCCC#CC(=O)O. The molecule has 13 heavy (non-hydrogen) atoms. The standard InChI is InChI=1S/C11H16O2/c1-2-3-4-5-6-7-8-9-10-11(12)13/h2H,1,3-8H2,(H,12,13). The molecule has 0 aromatic rings. The lowest BCUT2D eigenvalue weighted by Crippen LogP contribution is -1.86. The van der Waals surface area contributed by atoms with Gasteiger partial charge in [0.15, 0.2) is 0 Å². The maximum Gasteiger partial charge on any atom is 0.381 e. The largest absolute Gasteiger partial charge is 0.472 e. The third kappa shape index (κ3) is 10.8. The van der Waals surface area contributed by atoms with Crippen LogP contribution in [0.15, 0.2) is 12.7 Å². The summed E-state index contributed by atoms with van der Waals surface area (Å²) in [6.45, 7) is 3.64. The summed E-state index contributed by atoms with van der Waals surface area (Å²) >= 11 is 0. The molecule has 0 radical (unpaired) electrons. The van der Waals surface area contributed by atoms with Gasteiger partial charge in [0.25, 0.3) is 0 Å². The highest BCUT2D eigenvalue weighted by atomic mass is 16.4. The van der Waals surface area contributed by atoms with Gasteiger partial charge in [-0.25, -0.2) is 4.79 Å². The van der Waals surface area contributed by atoms with Gasteiger partial charge in [0, 0.05) is 12.3 Å². The zero-order valence-corrected chi connectivity index (χ0v) is 7.88. The van der Waals surface area contributed by atoms with Gasteiger partial charge in [-0.05, 0) is 19.3 Å². The number of hydrogen-bond acceptors (Lipinski definition) is 1. The van der Waals surface area contributed by atoms with Crippen LogP contribution in [0, 0.1) is 11.8 Å². The molecule has 0 saturated heterocycles. The van der Waals surface area contributed by atoms with E-state index in [1.807, 2.05) is 6.08 Å². The Balaban J connectivity index is 3.13. The highest BCUT2D eigenvalue weighted by Crippen LogP contribution is 2.04. The van der Waals surface area contributed by atoms with E-state index in [0.717, 1.165) is 19.3 Å². The molecule has 0 spiro atoms. The Morgan fingerprint density at radius 2 is 2.00 bits per heavy atom. The number of carbonyl (C=O) groups is 1. The molecule has 0 unspecified atom stereocenters. The van der Waals surface area contributed by atoms with Gasteiger partial charge in [-0.3, -0.25) is 0 Å². The van der Waals surface area contributed by atoms with Crippen LogP contribution >= 0.6 is 0 Å². The first-order chi connectivity index (χ1) is 6.27. The van der Waals surface area contributed by atoms with Gasteiger partial charge in [0.1, 0.15) is 0 Å². The topological polar surface area (TPSA) is 37.3 Å². The molecule has 0 aromatic carbocycles. The summed E-state index contributed by atoms with van der Waals surface area (Å²) in [5.74, 6) is 3.67. The van der Waals surface area contributed by atoms with Gasteiger partial charge in [0.05, 0.1) is 0 Å². The monoisotopic (exact) mass is 180 g/mol. The first-order valence-electron chi connectivity index (χ1n) is 4.60. The summed E-state index contributed by atoms with van der Waals surface area (Å²) in [5.41, 5.74) is 0. The van der Waals surface area contributed by atoms with Crippen LogP contribution in [0.2, 0.25) is 0 Å². The Bertz CT molecular complexity index is 208. The second-order valence-corrected chi connectivity index (χ2v) is 2.85. The lowest BCUT2D eigenvalue weighted by Gasteiger charge is -1.94. The van der Waals surface area contributed by atoms with E-state index in [9.17, 15) is 4.79 Å². The molecule has 0 aliphatic rings. The van der Waals surface area contributed by atoms with Crippen molar-refractivity contribution < 1.29 is 9.90 Å². The fourth-order valence-corrected chi connectivity index (χ4v) is 0.994. The first-order valence-corrected chi connectivity index (χ1v) is 4.60. The Hall–Kier alpha value is -1.23. The maximum atomic E-state index is 9.99. The Morgan fingerprint density at radius 1 is 1.31 bits per heavy atom. The van der Waals surface area contributed by atoms with Crippen LogP contribution in [-0.4, -0.2) is 11.1 Å². The van der Waals surface area contributed by atoms with Gasteiger partial charge >= 0.3 is 5.97 Å². The average molecular weight is 180 g/mol. The lowest BCUT2D eigenvalue weighted by atomic mass is 10.1. The average Bonchev–Trinajstić information content (AvgIpc) is 2.09. The van der Waals surface area contributed by atoms with Crippen LogP contribution in [-0.2, 0) is 4.79 Å². The number of hydrogen-bond donors (Lipinski definition) is 1. The molecule has 0 heterocycles. The van der Waals surface area contributed by atoms with Crippen LogP contribution in [0.4, 0.5) is 0 Å².